The average Bonchev–Trinajstić information content (AvgIpc) is 2.62. The Morgan fingerprint density at radius 2 is 1.81 bits per heavy atom. The van der Waals surface area contributed by atoms with Crippen LogP contribution in [0.4, 0.5) is 8.78 Å². The van der Waals surface area contributed by atoms with E-state index in [9.17, 15) is 22.0 Å². The van der Waals surface area contributed by atoms with Gasteiger partial charge in [0.25, 0.3) is 0 Å². The third-order valence-electron chi connectivity index (χ3n) is 3.38. The summed E-state index contributed by atoms with van der Waals surface area (Å²) in [5.41, 5.74) is 0.818. The highest BCUT2D eigenvalue weighted by atomic mass is 32.2. The molecule has 1 N–H and O–H groups in total. The van der Waals surface area contributed by atoms with Gasteiger partial charge in [0.15, 0.2) is 11.6 Å². The first-order valence-corrected chi connectivity index (χ1v) is 10.3. The van der Waals surface area contributed by atoms with Crippen LogP contribution in [0.5, 0.6) is 0 Å². The molecule has 26 heavy (non-hydrogen) atoms. The number of hydrogen-bond acceptors (Lipinski definition) is 5. The summed E-state index contributed by atoms with van der Waals surface area (Å²) in [4.78, 5) is 12.4. The molecule has 0 heterocycles. The number of esters is 1. The highest BCUT2D eigenvalue weighted by Gasteiger charge is 2.16. The zero-order valence-electron chi connectivity index (χ0n) is 13.9. The normalized spacial score (nSPS) is 11.3. The third kappa shape index (κ3) is 5.79. The van der Waals surface area contributed by atoms with Gasteiger partial charge in [0.05, 0.1) is 11.3 Å². The van der Waals surface area contributed by atoms with Crippen molar-refractivity contribution in [2.75, 3.05) is 12.8 Å². The predicted molar refractivity (Wildman–Crippen MR) is 94.2 cm³/mol. The van der Waals surface area contributed by atoms with Gasteiger partial charge in [-0.3, -0.25) is 4.79 Å². The number of carbonyl (C=O) groups is 1. The van der Waals surface area contributed by atoms with Crippen LogP contribution in [0.15, 0.2) is 52.3 Å². The maximum absolute atomic E-state index is 13.1. The fourth-order valence-corrected chi connectivity index (χ4v) is 3.42. The van der Waals surface area contributed by atoms with Crippen molar-refractivity contribution in [1.29, 1.82) is 0 Å². The molecule has 2 aromatic rings. The Morgan fingerprint density at radius 3 is 2.42 bits per heavy atom. The van der Waals surface area contributed by atoms with Gasteiger partial charge in [0.2, 0.25) is 10.0 Å². The van der Waals surface area contributed by atoms with Gasteiger partial charge in [0.1, 0.15) is 6.61 Å². The second kappa shape index (κ2) is 9.11. The van der Waals surface area contributed by atoms with Crippen molar-refractivity contribution >= 4 is 27.8 Å². The lowest BCUT2D eigenvalue weighted by Crippen LogP contribution is -2.27. The number of carbonyl (C=O) groups excluding carboxylic acids is 1. The maximum Gasteiger partial charge on any atom is 0.307 e. The van der Waals surface area contributed by atoms with E-state index in [1.165, 1.54) is 0 Å². The maximum atomic E-state index is 13.1. The summed E-state index contributed by atoms with van der Waals surface area (Å²) in [6, 6.07) is 9.73. The molecule has 0 spiro atoms. The molecule has 0 fully saturated rings. The molecular weight excluding hydrogens is 384 g/mol. The molecule has 0 unspecified atom stereocenters. The van der Waals surface area contributed by atoms with E-state index in [4.69, 9.17) is 4.74 Å². The summed E-state index contributed by atoms with van der Waals surface area (Å²) in [6.07, 6.45) is 1.77. The van der Waals surface area contributed by atoms with E-state index < -0.39 is 32.5 Å². The zero-order valence-corrected chi connectivity index (χ0v) is 15.5. The molecule has 2 rings (SSSR count). The second-order valence-corrected chi connectivity index (χ2v) is 7.88. The van der Waals surface area contributed by atoms with Crippen LogP contribution < -0.4 is 4.72 Å². The van der Waals surface area contributed by atoms with Crippen molar-refractivity contribution in [3.8, 4) is 0 Å². The lowest BCUT2D eigenvalue weighted by atomic mass is 10.2. The molecular formula is C17H17F2NO4S2. The summed E-state index contributed by atoms with van der Waals surface area (Å²) < 4.78 is 57.1. The van der Waals surface area contributed by atoms with E-state index in [0.717, 1.165) is 22.6 Å². The van der Waals surface area contributed by atoms with Gasteiger partial charge in [-0.05, 0) is 42.2 Å². The average molecular weight is 401 g/mol. The standard InChI is InChI=1S/C17H17F2NO4S2/c1-25-13-4-2-12(3-5-13)11-24-17(21)8-9-20-26(22,23)14-6-7-15(18)16(19)10-14/h2-7,10,20H,8-9,11H2,1H3. The molecule has 0 aromatic heterocycles. The van der Waals surface area contributed by atoms with Gasteiger partial charge in [-0.1, -0.05) is 12.1 Å². The van der Waals surface area contributed by atoms with Crippen LogP contribution >= 0.6 is 11.8 Å². The van der Waals surface area contributed by atoms with Crippen molar-refractivity contribution in [3.63, 3.8) is 0 Å². The fraction of sp³-hybridized carbons (Fsp3) is 0.235. The molecule has 9 heteroatoms. The smallest absolute Gasteiger partial charge is 0.307 e. The summed E-state index contributed by atoms with van der Waals surface area (Å²) in [5, 5.41) is 0. The van der Waals surface area contributed by atoms with Crippen LogP contribution in [0.1, 0.15) is 12.0 Å². The van der Waals surface area contributed by atoms with Gasteiger partial charge in [-0.25, -0.2) is 21.9 Å². The molecule has 140 valence electrons. The van der Waals surface area contributed by atoms with E-state index in [-0.39, 0.29) is 19.6 Å². The predicted octanol–water partition coefficient (Wildman–Crippen LogP) is 3.10. The zero-order chi connectivity index (χ0) is 19.2. The molecule has 0 aliphatic heterocycles. The molecule has 2 aromatic carbocycles. The Hall–Kier alpha value is -1.97. The highest BCUT2D eigenvalue weighted by molar-refractivity contribution is 7.98. The Bertz CT molecular complexity index is 871. The largest absolute Gasteiger partial charge is 0.461 e. The molecule has 5 nitrogen and oxygen atoms in total. The Labute approximate surface area is 154 Å². The quantitative estimate of drug-likeness (QED) is 0.544. The van der Waals surface area contributed by atoms with Crippen molar-refractivity contribution in [2.45, 2.75) is 22.8 Å². The molecule has 0 radical (unpaired) electrons. The van der Waals surface area contributed by atoms with Gasteiger partial charge >= 0.3 is 5.97 Å². The molecule has 0 atom stereocenters. The highest BCUT2D eigenvalue weighted by Crippen LogP contribution is 2.16. The third-order valence-corrected chi connectivity index (χ3v) is 5.58. The number of halogens is 2. The van der Waals surface area contributed by atoms with E-state index in [2.05, 4.69) is 4.72 Å². The lowest BCUT2D eigenvalue weighted by molar-refractivity contribution is -0.144. The first kappa shape index (κ1) is 20.3. The number of nitrogens with one attached hydrogen (secondary N) is 1. The topological polar surface area (TPSA) is 72.5 Å². The number of thioether (sulfide) groups is 1. The minimum atomic E-state index is -4.04. The van der Waals surface area contributed by atoms with Crippen LogP contribution in [0.3, 0.4) is 0 Å². The first-order chi connectivity index (χ1) is 12.3. The van der Waals surface area contributed by atoms with Crippen molar-refractivity contribution in [3.05, 3.63) is 59.7 Å². The second-order valence-electron chi connectivity index (χ2n) is 5.23. The summed E-state index contributed by atoms with van der Waals surface area (Å²) in [5.74, 6) is -2.98. The van der Waals surface area contributed by atoms with Crippen LogP contribution in [0.2, 0.25) is 0 Å². The van der Waals surface area contributed by atoms with E-state index in [0.29, 0.717) is 6.07 Å². The van der Waals surface area contributed by atoms with Gasteiger partial charge < -0.3 is 4.74 Å². The Morgan fingerprint density at radius 1 is 1.12 bits per heavy atom. The molecule has 0 saturated carbocycles. The van der Waals surface area contributed by atoms with Gasteiger partial charge in [0, 0.05) is 11.4 Å². The molecule has 0 bridgehead atoms. The monoisotopic (exact) mass is 401 g/mol. The number of sulfonamides is 1. The number of benzene rings is 2. The molecule has 0 aliphatic rings. The molecule has 0 saturated heterocycles. The van der Waals surface area contributed by atoms with Gasteiger partial charge in [-0.2, -0.15) is 0 Å². The number of ether oxygens (including phenoxy) is 1. The minimum absolute atomic E-state index is 0.0867. The van der Waals surface area contributed by atoms with Crippen LogP contribution in [-0.2, 0) is 26.2 Å². The summed E-state index contributed by atoms with van der Waals surface area (Å²) in [6.45, 7) is -0.130. The molecule has 0 amide bonds. The van der Waals surface area contributed by atoms with Crippen LogP contribution in [0, 0.1) is 11.6 Å². The van der Waals surface area contributed by atoms with E-state index in [1.54, 1.807) is 11.8 Å². The van der Waals surface area contributed by atoms with Crippen LogP contribution in [0.25, 0.3) is 0 Å². The molecule has 0 aliphatic carbocycles. The lowest BCUT2D eigenvalue weighted by Gasteiger charge is -2.08. The van der Waals surface area contributed by atoms with Crippen LogP contribution in [-0.4, -0.2) is 27.2 Å². The SMILES string of the molecule is CSc1ccc(COC(=O)CCNS(=O)(=O)c2ccc(F)c(F)c2)cc1. The Balaban J connectivity index is 1.80. The van der Waals surface area contributed by atoms with Crippen molar-refractivity contribution in [1.82, 2.24) is 4.72 Å². The fourth-order valence-electron chi connectivity index (χ4n) is 1.97. The summed E-state index contributed by atoms with van der Waals surface area (Å²) >= 11 is 1.60. The van der Waals surface area contributed by atoms with Crippen molar-refractivity contribution in [2.24, 2.45) is 0 Å². The Kier molecular flexibility index (Phi) is 7.13. The number of hydrogen-bond donors (Lipinski definition) is 1. The number of rotatable bonds is 8. The minimum Gasteiger partial charge on any atom is -0.461 e. The van der Waals surface area contributed by atoms with Gasteiger partial charge in [-0.15, -0.1) is 11.8 Å². The van der Waals surface area contributed by atoms with Crippen molar-refractivity contribution < 1.29 is 26.7 Å². The summed E-state index contributed by atoms with van der Waals surface area (Å²) in [7, 11) is -4.04. The van der Waals surface area contributed by atoms with E-state index >= 15 is 0 Å². The van der Waals surface area contributed by atoms with E-state index in [1.807, 2.05) is 30.5 Å². The first-order valence-electron chi connectivity index (χ1n) is 7.55.